The summed E-state index contributed by atoms with van der Waals surface area (Å²) < 4.78 is 0. The van der Waals surface area contributed by atoms with Crippen molar-refractivity contribution in [1.29, 1.82) is 0 Å². The summed E-state index contributed by atoms with van der Waals surface area (Å²) in [6, 6.07) is 9.70. The lowest BCUT2D eigenvalue weighted by atomic mass is 10.1. The molecule has 0 amide bonds. The van der Waals surface area contributed by atoms with Crippen LogP contribution < -0.4 is 10.9 Å². The van der Waals surface area contributed by atoms with E-state index in [0.29, 0.717) is 11.5 Å². The lowest BCUT2D eigenvalue weighted by molar-refractivity contribution is 1.09. The molecule has 0 fully saturated rings. The Morgan fingerprint density at radius 1 is 1.17 bits per heavy atom. The quantitative estimate of drug-likeness (QED) is 0.543. The zero-order valence-corrected chi connectivity index (χ0v) is 12.6. The minimum atomic E-state index is -0.110. The molecule has 0 unspecified atom stereocenters. The largest absolute Gasteiger partial charge is 0.357 e. The Labute approximate surface area is 131 Å². The Hall–Kier alpha value is -3.15. The van der Waals surface area contributed by atoms with Gasteiger partial charge in [0.05, 0.1) is 5.69 Å². The maximum absolute atomic E-state index is 12.0. The van der Waals surface area contributed by atoms with Gasteiger partial charge in [0.1, 0.15) is 5.52 Å². The molecule has 0 spiro atoms. The summed E-state index contributed by atoms with van der Waals surface area (Å²) in [7, 11) is 0. The molecule has 4 rings (SSSR count). The van der Waals surface area contributed by atoms with Crippen LogP contribution in [0.1, 0.15) is 6.92 Å². The van der Waals surface area contributed by atoms with E-state index in [9.17, 15) is 4.79 Å². The van der Waals surface area contributed by atoms with Gasteiger partial charge in [-0.05, 0) is 31.2 Å². The third-order valence-corrected chi connectivity index (χ3v) is 3.82. The van der Waals surface area contributed by atoms with Gasteiger partial charge in [-0.1, -0.05) is 6.07 Å². The van der Waals surface area contributed by atoms with Crippen LogP contribution in [-0.2, 0) is 0 Å². The second-order valence-corrected chi connectivity index (χ2v) is 5.28. The normalized spacial score (nSPS) is 11.2. The molecule has 0 aliphatic rings. The molecule has 3 aromatic heterocycles. The summed E-state index contributed by atoms with van der Waals surface area (Å²) in [5, 5.41) is 5.01. The molecule has 23 heavy (non-hydrogen) atoms. The molecule has 6 nitrogen and oxygen atoms in total. The van der Waals surface area contributed by atoms with E-state index in [1.807, 2.05) is 37.3 Å². The van der Waals surface area contributed by atoms with Gasteiger partial charge in [-0.3, -0.25) is 4.79 Å². The number of fused-ring (bicyclic) bond motifs is 3. The van der Waals surface area contributed by atoms with Gasteiger partial charge in [-0.25, -0.2) is 9.97 Å². The van der Waals surface area contributed by atoms with Gasteiger partial charge in [-0.2, -0.15) is 0 Å². The first-order valence-electron chi connectivity index (χ1n) is 7.46. The molecule has 3 N–H and O–H groups in total. The Balaban J connectivity index is 1.93. The predicted molar refractivity (Wildman–Crippen MR) is 91.6 cm³/mol. The Morgan fingerprint density at radius 3 is 2.96 bits per heavy atom. The fourth-order valence-electron chi connectivity index (χ4n) is 2.76. The van der Waals surface area contributed by atoms with Crippen molar-refractivity contribution in [3.8, 4) is 11.3 Å². The highest BCUT2D eigenvalue weighted by atomic mass is 16.1. The maximum Gasteiger partial charge on any atom is 0.272 e. The van der Waals surface area contributed by atoms with Gasteiger partial charge in [-0.15, -0.1) is 0 Å². The molecule has 0 aliphatic heterocycles. The van der Waals surface area contributed by atoms with E-state index in [0.717, 1.165) is 34.1 Å². The van der Waals surface area contributed by atoms with Crippen molar-refractivity contribution in [3.63, 3.8) is 0 Å². The van der Waals surface area contributed by atoms with Gasteiger partial charge in [0.15, 0.2) is 0 Å². The maximum atomic E-state index is 12.0. The molecule has 6 heteroatoms. The molecular weight excluding hydrogens is 290 g/mol. The molecule has 0 atom stereocenters. The van der Waals surface area contributed by atoms with Crippen LogP contribution in [0.15, 0.2) is 47.5 Å². The molecule has 0 aliphatic carbocycles. The van der Waals surface area contributed by atoms with Crippen molar-refractivity contribution in [2.45, 2.75) is 6.92 Å². The molecule has 0 saturated carbocycles. The van der Waals surface area contributed by atoms with Crippen LogP contribution in [-0.4, -0.2) is 26.5 Å². The summed E-state index contributed by atoms with van der Waals surface area (Å²) in [4.78, 5) is 26.6. The lowest BCUT2D eigenvalue weighted by Gasteiger charge is -2.06. The second kappa shape index (κ2) is 5.24. The van der Waals surface area contributed by atoms with Gasteiger partial charge >= 0.3 is 0 Å². The number of benzene rings is 1. The molecule has 0 saturated heterocycles. The average Bonchev–Trinajstić information content (AvgIpc) is 3.06. The molecule has 0 bridgehead atoms. The number of anilines is 1. The highest BCUT2D eigenvalue weighted by molar-refractivity contribution is 6.05. The Kier molecular flexibility index (Phi) is 3.08. The van der Waals surface area contributed by atoms with Crippen LogP contribution in [0.25, 0.3) is 33.1 Å². The first kappa shape index (κ1) is 13.5. The molecule has 1 aromatic carbocycles. The number of hydrogen-bond donors (Lipinski definition) is 3. The number of aromatic amines is 2. The van der Waals surface area contributed by atoms with Crippen LogP contribution in [0.5, 0.6) is 0 Å². The van der Waals surface area contributed by atoms with Gasteiger partial charge in [0, 0.05) is 40.8 Å². The first-order valence-corrected chi connectivity index (χ1v) is 7.46. The minimum absolute atomic E-state index is 0.110. The number of pyridine rings is 1. The zero-order valence-electron chi connectivity index (χ0n) is 12.6. The van der Waals surface area contributed by atoms with Crippen molar-refractivity contribution in [2.24, 2.45) is 0 Å². The van der Waals surface area contributed by atoms with Crippen molar-refractivity contribution < 1.29 is 0 Å². The van der Waals surface area contributed by atoms with Gasteiger partial charge < -0.3 is 15.3 Å². The standard InChI is InChI=1S/C17H15N5O/c1-2-18-17-20-8-6-13(22-17)10-3-4-14-12(9-10)11-5-7-19-15(11)16(23)21-14/h3-9,19H,2H2,1H3,(H,21,23)(H,18,20,22). The fraction of sp³-hybridized carbons (Fsp3) is 0.118. The van der Waals surface area contributed by atoms with Crippen molar-refractivity contribution in [1.82, 2.24) is 19.9 Å². The average molecular weight is 305 g/mol. The number of aromatic nitrogens is 4. The Morgan fingerprint density at radius 2 is 2.09 bits per heavy atom. The van der Waals surface area contributed by atoms with Crippen LogP contribution in [0.3, 0.4) is 0 Å². The second-order valence-electron chi connectivity index (χ2n) is 5.28. The summed E-state index contributed by atoms with van der Waals surface area (Å²) in [6.45, 7) is 2.78. The molecular formula is C17H15N5O. The predicted octanol–water partition coefficient (Wildman–Crippen LogP) is 2.90. The number of nitrogens with one attached hydrogen (secondary N) is 3. The fourth-order valence-corrected chi connectivity index (χ4v) is 2.76. The van der Waals surface area contributed by atoms with Gasteiger partial charge in [0.25, 0.3) is 5.56 Å². The number of nitrogens with zero attached hydrogens (tertiary/aromatic N) is 2. The minimum Gasteiger partial charge on any atom is -0.357 e. The van der Waals surface area contributed by atoms with E-state index in [1.165, 1.54) is 0 Å². The van der Waals surface area contributed by atoms with E-state index >= 15 is 0 Å². The zero-order chi connectivity index (χ0) is 15.8. The number of hydrogen-bond acceptors (Lipinski definition) is 4. The monoisotopic (exact) mass is 305 g/mol. The van der Waals surface area contributed by atoms with Crippen molar-refractivity contribution in [2.75, 3.05) is 11.9 Å². The van der Waals surface area contributed by atoms with E-state index in [-0.39, 0.29) is 5.56 Å². The van der Waals surface area contributed by atoms with Crippen LogP contribution >= 0.6 is 0 Å². The molecule has 4 aromatic rings. The summed E-state index contributed by atoms with van der Waals surface area (Å²) in [5.41, 5.74) is 3.11. The molecule has 0 radical (unpaired) electrons. The van der Waals surface area contributed by atoms with E-state index in [2.05, 4.69) is 25.3 Å². The smallest absolute Gasteiger partial charge is 0.272 e. The lowest BCUT2D eigenvalue weighted by Crippen LogP contribution is -2.06. The third-order valence-electron chi connectivity index (χ3n) is 3.82. The summed E-state index contributed by atoms with van der Waals surface area (Å²) in [6.07, 6.45) is 3.52. The molecule has 3 heterocycles. The summed E-state index contributed by atoms with van der Waals surface area (Å²) >= 11 is 0. The van der Waals surface area contributed by atoms with Gasteiger partial charge in [0.2, 0.25) is 5.95 Å². The highest BCUT2D eigenvalue weighted by Crippen LogP contribution is 2.26. The van der Waals surface area contributed by atoms with Crippen LogP contribution in [0, 0.1) is 0 Å². The van der Waals surface area contributed by atoms with Crippen LogP contribution in [0.2, 0.25) is 0 Å². The first-order chi connectivity index (χ1) is 11.3. The summed E-state index contributed by atoms with van der Waals surface area (Å²) in [5.74, 6) is 0.610. The van der Waals surface area contributed by atoms with E-state index in [1.54, 1.807) is 12.4 Å². The van der Waals surface area contributed by atoms with Crippen molar-refractivity contribution >= 4 is 27.8 Å². The highest BCUT2D eigenvalue weighted by Gasteiger charge is 2.08. The van der Waals surface area contributed by atoms with E-state index < -0.39 is 0 Å². The van der Waals surface area contributed by atoms with Crippen LogP contribution in [0.4, 0.5) is 5.95 Å². The number of rotatable bonds is 3. The molecule has 114 valence electrons. The van der Waals surface area contributed by atoms with E-state index in [4.69, 9.17) is 0 Å². The Bertz CT molecular complexity index is 1060. The third kappa shape index (κ3) is 2.24. The van der Waals surface area contributed by atoms with Crippen molar-refractivity contribution in [3.05, 3.63) is 53.1 Å². The number of H-pyrrole nitrogens is 2. The SMILES string of the molecule is CCNc1nccc(-c2ccc3[nH]c(=O)c4[nH]ccc4c3c2)n1. The topological polar surface area (TPSA) is 86.5 Å².